The summed E-state index contributed by atoms with van der Waals surface area (Å²) in [6.45, 7) is 5.04. The SMILES string of the molecule is CSc1nc2nc(C)c(CC(=O)OC(C)C(=O)NC(=O)NC3CCCC3)c(C)n2n1. The summed E-state index contributed by atoms with van der Waals surface area (Å²) in [6.07, 6.45) is 4.66. The number of imide groups is 1. The maximum absolute atomic E-state index is 12.4. The number of aromatic nitrogens is 4. The largest absolute Gasteiger partial charge is 0.452 e. The number of hydrogen-bond donors (Lipinski definition) is 2. The van der Waals surface area contributed by atoms with E-state index in [2.05, 4.69) is 25.7 Å². The van der Waals surface area contributed by atoms with Crippen LogP contribution in [0.15, 0.2) is 5.16 Å². The molecule has 10 nitrogen and oxygen atoms in total. The van der Waals surface area contributed by atoms with Gasteiger partial charge in [-0.25, -0.2) is 14.3 Å². The number of urea groups is 1. The molecule has 1 unspecified atom stereocenters. The van der Waals surface area contributed by atoms with Gasteiger partial charge in [-0.1, -0.05) is 24.6 Å². The Hall–Kier alpha value is -2.69. The number of amides is 3. The van der Waals surface area contributed by atoms with Gasteiger partial charge in [0.15, 0.2) is 6.10 Å². The molecule has 1 saturated carbocycles. The molecule has 2 heterocycles. The molecule has 0 aromatic carbocycles. The molecule has 3 rings (SSSR count). The summed E-state index contributed by atoms with van der Waals surface area (Å²) in [4.78, 5) is 45.2. The molecule has 1 fully saturated rings. The number of hydrogen-bond acceptors (Lipinski definition) is 8. The number of carbonyl (C=O) groups is 3. The fourth-order valence-electron chi connectivity index (χ4n) is 3.47. The van der Waals surface area contributed by atoms with Crippen LogP contribution in [0.3, 0.4) is 0 Å². The second-order valence-corrected chi connectivity index (χ2v) is 8.10. The van der Waals surface area contributed by atoms with Crippen molar-refractivity contribution in [2.75, 3.05) is 6.26 Å². The number of rotatable bonds is 6. The first-order valence-corrected chi connectivity index (χ1v) is 11.1. The van der Waals surface area contributed by atoms with Gasteiger partial charge in [-0.05, 0) is 39.9 Å². The van der Waals surface area contributed by atoms with Gasteiger partial charge >= 0.3 is 12.0 Å². The zero-order valence-electron chi connectivity index (χ0n) is 17.5. The van der Waals surface area contributed by atoms with Gasteiger partial charge in [0.25, 0.3) is 11.7 Å². The number of ether oxygens (including phenoxy) is 1. The van der Waals surface area contributed by atoms with Crippen LogP contribution in [0.4, 0.5) is 4.79 Å². The van der Waals surface area contributed by atoms with E-state index in [4.69, 9.17) is 4.74 Å². The second kappa shape index (κ2) is 9.41. The molecule has 1 aliphatic rings. The predicted octanol–water partition coefficient (Wildman–Crippen LogP) is 1.71. The first kappa shape index (κ1) is 22.0. The van der Waals surface area contributed by atoms with Gasteiger partial charge < -0.3 is 10.1 Å². The minimum absolute atomic E-state index is 0.0685. The third-order valence-corrected chi connectivity index (χ3v) is 5.68. The van der Waals surface area contributed by atoms with Gasteiger partial charge in [0.1, 0.15) is 0 Å². The Morgan fingerprint density at radius 1 is 1.23 bits per heavy atom. The first-order valence-electron chi connectivity index (χ1n) is 9.86. The molecule has 1 aliphatic carbocycles. The van der Waals surface area contributed by atoms with Gasteiger partial charge in [0.2, 0.25) is 5.16 Å². The van der Waals surface area contributed by atoms with Crippen LogP contribution in [0.1, 0.15) is 49.6 Å². The van der Waals surface area contributed by atoms with Crippen LogP contribution >= 0.6 is 11.8 Å². The van der Waals surface area contributed by atoms with Gasteiger partial charge in [-0.3, -0.25) is 14.9 Å². The quantitative estimate of drug-likeness (QED) is 0.519. The number of thioether (sulfide) groups is 1. The van der Waals surface area contributed by atoms with Crippen molar-refractivity contribution in [3.05, 3.63) is 17.0 Å². The predicted molar refractivity (Wildman–Crippen MR) is 110 cm³/mol. The van der Waals surface area contributed by atoms with Gasteiger partial charge in [0.05, 0.1) is 6.42 Å². The van der Waals surface area contributed by atoms with Gasteiger partial charge in [-0.2, -0.15) is 4.98 Å². The van der Waals surface area contributed by atoms with Crippen molar-refractivity contribution in [3.63, 3.8) is 0 Å². The second-order valence-electron chi connectivity index (χ2n) is 7.32. The van der Waals surface area contributed by atoms with Crippen molar-refractivity contribution in [3.8, 4) is 0 Å². The molecule has 0 spiro atoms. The molecule has 1 atom stereocenters. The van der Waals surface area contributed by atoms with Crippen molar-refractivity contribution in [1.82, 2.24) is 30.2 Å². The zero-order valence-corrected chi connectivity index (χ0v) is 18.3. The molecule has 0 bridgehead atoms. The summed E-state index contributed by atoms with van der Waals surface area (Å²) in [5, 5.41) is 9.93. The lowest BCUT2D eigenvalue weighted by Gasteiger charge is -2.16. The van der Waals surface area contributed by atoms with Crippen LogP contribution < -0.4 is 10.6 Å². The van der Waals surface area contributed by atoms with E-state index in [9.17, 15) is 14.4 Å². The van der Waals surface area contributed by atoms with Crippen molar-refractivity contribution in [1.29, 1.82) is 0 Å². The maximum atomic E-state index is 12.4. The lowest BCUT2D eigenvalue weighted by Crippen LogP contribution is -2.47. The minimum Gasteiger partial charge on any atom is -0.452 e. The number of esters is 1. The number of fused-ring (bicyclic) bond motifs is 1. The Labute approximate surface area is 178 Å². The van der Waals surface area contributed by atoms with Gasteiger partial charge in [0, 0.05) is 23.0 Å². The molecular weight excluding hydrogens is 408 g/mol. The molecule has 2 aromatic heterocycles. The highest BCUT2D eigenvalue weighted by molar-refractivity contribution is 7.98. The standard InChI is InChI=1S/C19H26N6O4S/c1-10-14(11(2)25-17(20-10)23-19(24-25)30-4)9-15(26)29-12(3)16(27)22-18(28)21-13-7-5-6-8-13/h12-13H,5-9H2,1-4H3,(H2,21,22,27,28). The Balaban J connectivity index is 1.59. The highest BCUT2D eigenvalue weighted by Gasteiger charge is 2.24. The number of aryl methyl sites for hydroxylation is 2. The lowest BCUT2D eigenvalue weighted by molar-refractivity contribution is -0.153. The van der Waals surface area contributed by atoms with E-state index >= 15 is 0 Å². The Morgan fingerprint density at radius 2 is 1.93 bits per heavy atom. The van der Waals surface area contributed by atoms with Crippen LogP contribution in [0.5, 0.6) is 0 Å². The minimum atomic E-state index is -1.10. The topological polar surface area (TPSA) is 128 Å². The van der Waals surface area contributed by atoms with E-state index in [1.807, 2.05) is 13.2 Å². The van der Waals surface area contributed by atoms with Gasteiger partial charge in [-0.15, -0.1) is 5.10 Å². The Bertz CT molecular complexity index is 970. The van der Waals surface area contributed by atoms with Crippen LogP contribution in [-0.2, 0) is 20.7 Å². The van der Waals surface area contributed by atoms with E-state index in [0.29, 0.717) is 22.2 Å². The molecular formula is C19H26N6O4S. The lowest BCUT2D eigenvalue weighted by atomic mass is 10.1. The molecule has 0 aliphatic heterocycles. The summed E-state index contributed by atoms with van der Waals surface area (Å²) in [5.41, 5.74) is 2.04. The molecule has 11 heteroatoms. The van der Waals surface area contributed by atoms with E-state index in [-0.39, 0.29) is 12.5 Å². The highest BCUT2D eigenvalue weighted by atomic mass is 32.2. The van der Waals surface area contributed by atoms with E-state index in [1.54, 1.807) is 11.4 Å². The van der Waals surface area contributed by atoms with Crippen LogP contribution in [0, 0.1) is 13.8 Å². The summed E-state index contributed by atoms with van der Waals surface area (Å²) in [7, 11) is 0. The summed E-state index contributed by atoms with van der Waals surface area (Å²) in [5.74, 6) is -0.791. The first-order chi connectivity index (χ1) is 14.3. The number of carbonyl (C=O) groups excluding carboxylic acids is 3. The molecule has 0 saturated heterocycles. The number of nitrogens with zero attached hydrogens (tertiary/aromatic N) is 4. The fraction of sp³-hybridized carbons (Fsp3) is 0.579. The summed E-state index contributed by atoms with van der Waals surface area (Å²) >= 11 is 1.40. The maximum Gasteiger partial charge on any atom is 0.321 e. The van der Waals surface area contributed by atoms with Crippen molar-refractivity contribution >= 4 is 35.4 Å². The molecule has 2 N–H and O–H groups in total. The molecule has 162 valence electrons. The van der Waals surface area contributed by atoms with E-state index in [0.717, 1.165) is 31.4 Å². The normalized spacial score (nSPS) is 15.2. The average Bonchev–Trinajstić information content (AvgIpc) is 3.34. The average molecular weight is 435 g/mol. The molecule has 2 aromatic rings. The monoisotopic (exact) mass is 434 g/mol. The van der Waals surface area contributed by atoms with Crippen LogP contribution in [-0.4, -0.2) is 55.9 Å². The summed E-state index contributed by atoms with van der Waals surface area (Å²) in [6, 6.07) is -0.473. The van der Waals surface area contributed by atoms with Crippen molar-refractivity contribution in [2.45, 2.75) is 70.2 Å². The van der Waals surface area contributed by atoms with Crippen LogP contribution in [0.25, 0.3) is 5.78 Å². The van der Waals surface area contributed by atoms with Crippen molar-refractivity contribution in [2.24, 2.45) is 0 Å². The van der Waals surface area contributed by atoms with E-state index in [1.165, 1.54) is 18.7 Å². The molecule has 30 heavy (non-hydrogen) atoms. The summed E-state index contributed by atoms with van der Waals surface area (Å²) < 4.78 is 6.82. The highest BCUT2D eigenvalue weighted by Crippen LogP contribution is 2.18. The Morgan fingerprint density at radius 3 is 2.60 bits per heavy atom. The fourth-order valence-corrected chi connectivity index (χ4v) is 3.81. The third-order valence-electron chi connectivity index (χ3n) is 5.14. The van der Waals surface area contributed by atoms with Crippen LogP contribution in [0.2, 0.25) is 0 Å². The molecule has 3 amide bonds. The number of nitrogens with one attached hydrogen (secondary N) is 2. The molecule has 0 radical (unpaired) electrons. The zero-order chi connectivity index (χ0) is 21.8. The Kier molecular flexibility index (Phi) is 6.91. The smallest absolute Gasteiger partial charge is 0.321 e. The van der Waals surface area contributed by atoms with Crippen molar-refractivity contribution < 1.29 is 19.1 Å². The third kappa shape index (κ3) is 5.07. The van der Waals surface area contributed by atoms with E-state index < -0.39 is 24.0 Å².